The van der Waals surface area contributed by atoms with E-state index >= 15 is 0 Å². The molecule has 0 saturated carbocycles. The smallest absolute Gasteiger partial charge is 0.353 e. The lowest BCUT2D eigenvalue weighted by Crippen LogP contribution is -2.53. The molecule has 0 aromatic heterocycles. The zero-order valence-corrected chi connectivity index (χ0v) is 21.6. The first-order valence-corrected chi connectivity index (χ1v) is 14.5. The van der Waals surface area contributed by atoms with Gasteiger partial charge in [-0.3, -0.25) is 19.8 Å². The van der Waals surface area contributed by atoms with Crippen LogP contribution in [0, 0.1) is 0 Å². The SMILES string of the molecule is COc1ccc(C(NC(C)C(=O)NP2(=O)OCCS2)(c2ccccc2)c2ccc(OC)cc2)cc1. The minimum Gasteiger partial charge on any atom is -0.497 e. The molecule has 2 unspecified atom stereocenters. The maximum absolute atomic E-state index is 13.2. The third kappa shape index (κ3) is 5.41. The molecule has 3 aromatic rings. The van der Waals surface area contributed by atoms with Crippen LogP contribution in [0.3, 0.4) is 0 Å². The second-order valence-corrected chi connectivity index (χ2v) is 12.4. The van der Waals surface area contributed by atoms with Crippen molar-refractivity contribution in [2.75, 3.05) is 26.6 Å². The number of rotatable bonds is 9. The molecule has 0 spiro atoms. The van der Waals surface area contributed by atoms with Crippen LogP contribution in [0.2, 0.25) is 0 Å². The lowest BCUT2D eigenvalue weighted by atomic mass is 9.76. The van der Waals surface area contributed by atoms with Crippen molar-refractivity contribution in [2.45, 2.75) is 18.5 Å². The molecule has 1 heterocycles. The minimum absolute atomic E-state index is 0.357. The van der Waals surface area contributed by atoms with E-state index in [-0.39, 0.29) is 0 Å². The first-order chi connectivity index (χ1) is 16.9. The van der Waals surface area contributed by atoms with Crippen molar-refractivity contribution in [3.05, 3.63) is 95.6 Å². The van der Waals surface area contributed by atoms with Gasteiger partial charge in [-0.05, 0) is 59.3 Å². The Morgan fingerprint density at radius 2 is 1.43 bits per heavy atom. The maximum atomic E-state index is 13.2. The van der Waals surface area contributed by atoms with Crippen LogP contribution in [0.5, 0.6) is 11.5 Å². The fourth-order valence-electron chi connectivity index (χ4n) is 4.16. The number of benzene rings is 3. The number of hydrogen-bond acceptors (Lipinski definition) is 7. The lowest BCUT2D eigenvalue weighted by Gasteiger charge is -2.39. The van der Waals surface area contributed by atoms with Crippen molar-refractivity contribution in [3.8, 4) is 11.5 Å². The molecule has 1 aliphatic rings. The van der Waals surface area contributed by atoms with Gasteiger partial charge in [0.25, 0.3) is 0 Å². The van der Waals surface area contributed by atoms with Gasteiger partial charge in [-0.15, -0.1) is 0 Å². The van der Waals surface area contributed by atoms with Crippen molar-refractivity contribution in [1.82, 2.24) is 10.4 Å². The fraction of sp³-hybridized carbons (Fsp3) is 0.269. The fourth-order valence-corrected chi connectivity index (χ4v) is 7.54. The van der Waals surface area contributed by atoms with E-state index in [9.17, 15) is 9.36 Å². The molecule has 184 valence electrons. The van der Waals surface area contributed by atoms with Gasteiger partial charge in [-0.2, -0.15) is 0 Å². The standard InChI is InChI=1S/C26H29N2O5PS/c1-19(25(29)28-34(30)33-17-18-35-34)27-26(20-7-5-4-6-8-20,21-9-13-23(31-2)14-10-21)22-11-15-24(32-3)16-12-22/h4-16,19,27H,17-18H2,1-3H3,(H,28,29,30). The highest BCUT2D eigenvalue weighted by atomic mass is 32.7. The highest BCUT2D eigenvalue weighted by Crippen LogP contribution is 2.59. The summed E-state index contributed by atoms with van der Waals surface area (Å²) in [6.45, 7) is -1.12. The summed E-state index contributed by atoms with van der Waals surface area (Å²) in [4.78, 5) is 13.2. The molecule has 9 heteroatoms. The van der Waals surface area contributed by atoms with E-state index in [1.807, 2.05) is 78.9 Å². The third-order valence-corrected chi connectivity index (χ3v) is 9.80. The first kappa shape index (κ1) is 25.3. The van der Waals surface area contributed by atoms with E-state index in [4.69, 9.17) is 14.0 Å². The van der Waals surface area contributed by atoms with Gasteiger partial charge in [0.1, 0.15) is 11.5 Å². The number of nitrogens with one attached hydrogen (secondary N) is 2. The molecule has 2 atom stereocenters. The largest absolute Gasteiger partial charge is 0.497 e. The molecular formula is C26H29N2O5PS. The van der Waals surface area contributed by atoms with Crippen molar-refractivity contribution in [2.24, 2.45) is 0 Å². The predicted molar refractivity (Wildman–Crippen MR) is 139 cm³/mol. The molecule has 35 heavy (non-hydrogen) atoms. The molecule has 1 amide bonds. The molecule has 4 rings (SSSR count). The van der Waals surface area contributed by atoms with Crippen molar-refractivity contribution >= 4 is 24.0 Å². The van der Waals surface area contributed by atoms with Crippen molar-refractivity contribution < 1.29 is 23.4 Å². The number of amides is 1. The molecule has 0 bridgehead atoms. The number of hydrogen-bond donors (Lipinski definition) is 2. The molecule has 7 nitrogen and oxygen atoms in total. The van der Waals surface area contributed by atoms with Crippen LogP contribution < -0.4 is 19.9 Å². The van der Waals surface area contributed by atoms with Crippen molar-refractivity contribution in [1.29, 1.82) is 0 Å². The van der Waals surface area contributed by atoms with Gasteiger partial charge in [0, 0.05) is 5.75 Å². The summed E-state index contributed by atoms with van der Waals surface area (Å²) in [5.74, 6) is 1.64. The van der Waals surface area contributed by atoms with E-state index in [0.717, 1.165) is 39.6 Å². The highest BCUT2D eigenvalue weighted by molar-refractivity contribution is 8.56. The Morgan fingerprint density at radius 1 is 0.914 bits per heavy atom. The molecule has 3 aromatic carbocycles. The van der Waals surface area contributed by atoms with Gasteiger partial charge in [0.2, 0.25) is 5.91 Å². The van der Waals surface area contributed by atoms with Crippen LogP contribution in [0.1, 0.15) is 23.6 Å². The topological polar surface area (TPSA) is 85.9 Å². The first-order valence-electron chi connectivity index (χ1n) is 11.2. The molecule has 1 aliphatic heterocycles. The molecule has 0 aliphatic carbocycles. The Kier molecular flexibility index (Phi) is 7.87. The summed E-state index contributed by atoms with van der Waals surface area (Å²) in [6, 6.07) is 24.7. The van der Waals surface area contributed by atoms with E-state index < -0.39 is 24.2 Å². The van der Waals surface area contributed by atoms with Gasteiger partial charge < -0.3 is 14.0 Å². The Hall–Kier alpha value is -2.77. The lowest BCUT2D eigenvalue weighted by molar-refractivity contribution is -0.121. The Labute approximate surface area is 209 Å². The summed E-state index contributed by atoms with van der Waals surface area (Å²) in [6.07, 6.45) is 0. The molecule has 1 saturated heterocycles. The maximum Gasteiger partial charge on any atom is 0.353 e. The summed E-state index contributed by atoms with van der Waals surface area (Å²) in [7, 11) is 3.25. The van der Waals surface area contributed by atoms with Gasteiger partial charge in [-0.1, -0.05) is 54.6 Å². The Morgan fingerprint density at radius 3 is 1.89 bits per heavy atom. The van der Waals surface area contributed by atoms with E-state index in [0.29, 0.717) is 12.4 Å². The minimum atomic E-state index is -3.24. The Balaban J connectivity index is 1.82. The van der Waals surface area contributed by atoms with Gasteiger partial charge >= 0.3 is 6.72 Å². The van der Waals surface area contributed by atoms with Gasteiger partial charge in [0.05, 0.1) is 32.4 Å². The number of ether oxygens (including phenoxy) is 2. The molecular weight excluding hydrogens is 483 g/mol. The van der Waals surface area contributed by atoms with Crippen LogP contribution in [-0.2, 0) is 19.4 Å². The van der Waals surface area contributed by atoms with Crippen LogP contribution in [0.4, 0.5) is 0 Å². The van der Waals surface area contributed by atoms with E-state index in [1.165, 1.54) is 0 Å². The average molecular weight is 513 g/mol. The normalized spacial score (nSPS) is 18.6. The summed E-state index contributed by atoms with van der Waals surface area (Å²) >= 11 is 1.15. The van der Waals surface area contributed by atoms with E-state index in [1.54, 1.807) is 21.1 Å². The van der Waals surface area contributed by atoms with E-state index in [2.05, 4.69) is 10.4 Å². The van der Waals surface area contributed by atoms with Crippen LogP contribution >= 0.6 is 18.1 Å². The monoisotopic (exact) mass is 512 g/mol. The molecule has 0 radical (unpaired) electrons. The van der Waals surface area contributed by atoms with Crippen LogP contribution in [0.25, 0.3) is 0 Å². The molecule has 2 N–H and O–H groups in total. The van der Waals surface area contributed by atoms with Gasteiger partial charge in [-0.25, -0.2) is 0 Å². The number of methoxy groups -OCH3 is 2. The number of carbonyl (C=O) groups is 1. The second-order valence-electron chi connectivity index (χ2n) is 8.08. The summed E-state index contributed by atoms with van der Waals surface area (Å²) in [5.41, 5.74) is 1.85. The highest BCUT2D eigenvalue weighted by Gasteiger charge is 2.40. The predicted octanol–water partition coefficient (Wildman–Crippen LogP) is 4.96. The van der Waals surface area contributed by atoms with Crippen molar-refractivity contribution in [3.63, 3.8) is 0 Å². The van der Waals surface area contributed by atoms with Crippen LogP contribution in [-0.4, -0.2) is 38.5 Å². The zero-order valence-electron chi connectivity index (χ0n) is 19.9. The quantitative estimate of drug-likeness (QED) is 0.310. The second kappa shape index (κ2) is 10.9. The van der Waals surface area contributed by atoms with Gasteiger partial charge in [0.15, 0.2) is 0 Å². The number of carbonyl (C=O) groups excluding carboxylic acids is 1. The average Bonchev–Trinajstić information content (AvgIpc) is 3.33. The molecule has 1 fully saturated rings. The van der Waals surface area contributed by atoms with Crippen LogP contribution in [0.15, 0.2) is 78.9 Å². The zero-order chi connectivity index (χ0) is 24.9. The summed E-state index contributed by atoms with van der Waals surface area (Å²) < 4.78 is 28.9. The summed E-state index contributed by atoms with van der Waals surface area (Å²) in [5, 5.41) is 6.19. The third-order valence-electron chi connectivity index (χ3n) is 5.93. The Bertz CT molecular complexity index is 1130.